The molecule has 1 rings (SSSR count). The molecular weight excluding hydrogens is 286 g/mol. The van der Waals surface area contributed by atoms with Crippen LogP contribution in [0.15, 0.2) is 0 Å². The van der Waals surface area contributed by atoms with Crippen molar-refractivity contribution in [2.24, 2.45) is 11.8 Å². The zero-order chi connectivity index (χ0) is 16.8. The third-order valence-corrected chi connectivity index (χ3v) is 3.81. The van der Waals surface area contributed by atoms with Crippen molar-refractivity contribution in [1.29, 1.82) is 0 Å². The van der Waals surface area contributed by atoms with E-state index >= 15 is 0 Å². The number of carbonyl (C=O) groups excluding carboxylic acids is 2. The number of rotatable bonds is 5. The van der Waals surface area contributed by atoms with Crippen molar-refractivity contribution in [3.05, 3.63) is 0 Å². The largest absolute Gasteiger partial charge is 0.444 e. The summed E-state index contributed by atoms with van der Waals surface area (Å²) in [6.07, 6.45) is 4.09. The molecule has 1 aliphatic rings. The van der Waals surface area contributed by atoms with E-state index in [0.717, 1.165) is 25.7 Å². The van der Waals surface area contributed by atoms with Crippen LogP contribution in [0.4, 0.5) is 4.79 Å². The molecule has 1 aliphatic carbocycles. The minimum absolute atomic E-state index is 0.383. The van der Waals surface area contributed by atoms with Crippen LogP contribution in [-0.4, -0.2) is 34.9 Å². The standard InChI is InChI=1S/C15H29N3O4/c1-15(2,3)22-14(21)17-11(12(19)13(20)18-16)9-10-7-5-4-6-8-10/h10-12,19H,4-9,16H2,1-3H3,(H,17,21)(H,18,20)/t11-,12?/m1/s1. The Morgan fingerprint density at radius 3 is 2.36 bits per heavy atom. The normalized spacial score (nSPS) is 19.1. The first-order valence-electron chi connectivity index (χ1n) is 7.91. The van der Waals surface area contributed by atoms with E-state index in [0.29, 0.717) is 12.3 Å². The third kappa shape index (κ3) is 6.62. The average Bonchev–Trinajstić information content (AvgIpc) is 2.44. The van der Waals surface area contributed by atoms with Gasteiger partial charge in [-0.2, -0.15) is 0 Å². The van der Waals surface area contributed by atoms with Crippen LogP contribution in [0.1, 0.15) is 59.3 Å². The van der Waals surface area contributed by atoms with Crippen LogP contribution < -0.4 is 16.6 Å². The van der Waals surface area contributed by atoms with Crippen molar-refractivity contribution in [2.45, 2.75) is 77.0 Å². The Hall–Kier alpha value is -1.34. The molecule has 22 heavy (non-hydrogen) atoms. The molecule has 128 valence electrons. The lowest BCUT2D eigenvalue weighted by molar-refractivity contribution is -0.131. The Kier molecular flexibility index (Phi) is 7.09. The van der Waals surface area contributed by atoms with Crippen LogP contribution in [0.2, 0.25) is 0 Å². The number of ether oxygens (including phenoxy) is 1. The first-order valence-corrected chi connectivity index (χ1v) is 7.91. The topological polar surface area (TPSA) is 114 Å². The molecule has 0 heterocycles. The fourth-order valence-corrected chi connectivity index (χ4v) is 2.78. The number of hydrogen-bond donors (Lipinski definition) is 4. The lowest BCUT2D eigenvalue weighted by Crippen LogP contribution is -2.53. The Morgan fingerprint density at radius 1 is 1.27 bits per heavy atom. The molecule has 0 radical (unpaired) electrons. The quantitative estimate of drug-likeness (QED) is 0.346. The molecule has 0 bridgehead atoms. The van der Waals surface area contributed by atoms with Crippen LogP contribution in [-0.2, 0) is 9.53 Å². The number of alkyl carbamates (subject to hydrolysis) is 1. The summed E-state index contributed by atoms with van der Waals surface area (Å²) in [5, 5.41) is 12.7. The maximum absolute atomic E-state index is 11.9. The predicted octanol–water partition coefficient (Wildman–Crippen LogP) is 1.20. The van der Waals surface area contributed by atoms with Gasteiger partial charge in [-0.1, -0.05) is 32.1 Å². The third-order valence-electron chi connectivity index (χ3n) is 3.81. The Balaban J connectivity index is 2.68. The maximum Gasteiger partial charge on any atom is 0.407 e. The van der Waals surface area contributed by atoms with Crippen LogP contribution >= 0.6 is 0 Å². The summed E-state index contributed by atoms with van der Waals surface area (Å²) in [4.78, 5) is 23.5. The van der Waals surface area contributed by atoms with Crippen LogP contribution in [0.25, 0.3) is 0 Å². The minimum Gasteiger partial charge on any atom is -0.444 e. The van der Waals surface area contributed by atoms with E-state index in [1.54, 1.807) is 20.8 Å². The highest BCUT2D eigenvalue weighted by Gasteiger charge is 2.31. The molecule has 0 saturated heterocycles. The van der Waals surface area contributed by atoms with Gasteiger partial charge in [-0.3, -0.25) is 10.2 Å². The maximum atomic E-state index is 11.9. The van der Waals surface area contributed by atoms with Gasteiger partial charge in [0.25, 0.3) is 5.91 Å². The molecule has 0 aromatic carbocycles. The molecule has 1 unspecified atom stereocenters. The van der Waals surface area contributed by atoms with E-state index in [1.165, 1.54) is 6.42 Å². The number of hydrazine groups is 1. The highest BCUT2D eigenvalue weighted by molar-refractivity contribution is 5.81. The summed E-state index contributed by atoms with van der Waals surface area (Å²) in [5.41, 5.74) is 1.28. The summed E-state index contributed by atoms with van der Waals surface area (Å²) in [7, 11) is 0. The predicted molar refractivity (Wildman–Crippen MR) is 82.7 cm³/mol. The lowest BCUT2D eigenvalue weighted by Gasteiger charge is -2.30. The number of aliphatic hydroxyl groups excluding tert-OH is 1. The van der Waals surface area contributed by atoms with E-state index in [1.807, 2.05) is 5.43 Å². The van der Waals surface area contributed by atoms with Gasteiger partial charge >= 0.3 is 6.09 Å². The molecular formula is C15H29N3O4. The average molecular weight is 315 g/mol. The van der Waals surface area contributed by atoms with Crippen molar-refractivity contribution in [3.63, 3.8) is 0 Å². The van der Waals surface area contributed by atoms with Gasteiger partial charge in [-0.05, 0) is 33.1 Å². The number of nitrogens with two attached hydrogens (primary N) is 1. The second-order valence-corrected chi connectivity index (χ2v) is 6.95. The first-order chi connectivity index (χ1) is 10.2. The number of aliphatic hydroxyl groups is 1. The van der Waals surface area contributed by atoms with E-state index < -0.39 is 29.7 Å². The monoisotopic (exact) mass is 315 g/mol. The van der Waals surface area contributed by atoms with Crippen molar-refractivity contribution >= 4 is 12.0 Å². The van der Waals surface area contributed by atoms with Crippen molar-refractivity contribution < 1.29 is 19.4 Å². The number of carbonyl (C=O) groups is 2. The smallest absolute Gasteiger partial charge is 0.407 e. The van der Waals surface area contributed by atoms with Gasteiger partial charge in [-0.25, -0.2) is 10.6 Å². The SMILES string of the molecule is CC(C)(C)OC(=O)N[C@H](CC1CCCCC1)C(O)C(=O)NN. The van der Waals surface area contributed by atoms with Gasteiger partial charge in [0.05, 0.1) is 6.04 Å². The second kappa shape index (κ2) is 8.33. The first kappa shape index (κ1) is 18.7. The molecule has 1 fully saturated rings. The molecule has 0 spiro atoms. The lowest BCUT2D eigenvalue weighted by atomic mass is 9.83. The van der Waals surface area contributed by atoms with Gasteiger partial charge in [0.1, 0.15) is 5.60 Å². The van der Waals surface area contributed by atoms with Gasteiger partial charge in [0.2, 0.25) is 0 Å². The van der Waals surface area contributed by atoms with Gasteiger partial charge < -0.3 is 15.2 Å². The Bertz CT molecular complexity index is 375. The van der Waals surface area contributed by atoms with Crippen LogP contribution in [0.3, 0.4) is 0 Å². The molecule has 7 nitrogen and oxygen atoms in total. The minimum atomic E-state index is -1.39. The van der Waals surface area contributed by atoms with Crippen LogP contribution in [0, 0.1) is 5.92 Å². The van der Waals surface area contributed by atoms with Crippen molar-refractivity contribution in [1.82, 2.24) is 10.7 Å². The van der Waals surface area contributed by atoms with E-state index in [2.05, 4.69) is 5.32 Å². The highest BCUT2D eigenvalue weighted by Crippen LogP contribution is 2.28. The van der Waals surface area contributed by atoms with Crippen molar-refractivity contribution in [2.75, 3.05) is 0 Å². The van der Waals surface area contributed by atoms with E-state index in [-0.39, 0.29) is 0 Å². The van der Waals surface area contributed by atoms with E-state index in [4.69, 9.17) is 10.6 Å². The zero-order valence-corrected chi connectivity index (χ0v) is 13.7. The molecule has 0 aromatic rings. The summed E-state index contributed by atoms with van der Waals surface area (Å²) in [5.74, 6) is 4.75. The zero-order valence-electron chi connectivity index (χ0n) is 13.7. The second-order valence-electron chi connectivity index (χ2n) is 6.95. The molecule has 2 amide bonds. The molecule has 7 heteroatoms. The fourth-order valence-electron chi connectivity index (χ4n) is 2.78. The molecule has 1 saturated carbocycles. The number of nitrogens with one attached hydrogen (secondary N) is 2. The Morgan fingerprint density at radius 2 is 1.86 bits per heavy atom. The molecule has 2 atom stereocenters. The van der Waals surface area contributed by atoms with E-state index in [9.17, 15) is 14.7 Å². The fraction of sp³-hybridized carbons (Fsp3) is 0.867. The number of hydrogen-bond acceptors (Lipinski definition) is 5. The van der Waals surface area contributed by atoms with Gasteiger partial charge in [0, 0.05) is 0 Å². The summed E-state index contributed by atoms with van der Waals surface area (Å²) in [6, 6.07) is -0.707. The molecule has 5 N–H and O–H groups in total. The molecule has 0 aromatic heterocycles. The van der Waals surface area contributed by atoms with Gasteiger partial charge in [-0.15, -0.1) is 0 Å². The van der Waals surface area contributed by atoms with Crippen molar-refractivity contribution in [3.8, 4) is 0 Å². The number of amides is 2. The summed E-state index contributed by atoms with van der Waals surface area (Å²) in [6.45, 7) is 5.27. The Labute approximate surface area is 131 Å². The van der Waals surface area contributed by atoms with Gasteiger partial charge in [0.15, 0.2) is 6.10 Å². The molecule has 0 aliphatic heterocycles. The van der Waals surface area contributed by atoms with Crippen LogP contribution in [0.5, 0.6) is 0 Å². The summed E-state index contributed by atoms with van der Waals surface area (Å²) >= 11 is 0. The summed E-state index contributed by atoms with van der Waals surface area (Å²) < 4.78 is 5.20. The highest BCUT2D eigenvalue weighted by atomic mass is 16.6.